The minimum Gasteiger partial charge on any atom is -0.462 e. The van der Waals surface area contributed by atoms with Crippen molar-refractivity contribution in [3.63, 3.8) is 0 Å². The molecule has 0 aliphatic carbocycles. The van der Waals surface area contributed by atoms with Gasteiger partial charge in [0, 0.05) is 30.5 Å². The van der Waals surface area contributed by atoms with Crippen molar-refractivity contribution in [2.75, 3.05) is 19.7 Å². The van der Waals surface area contributed by atoms with E-state index in [1.807, 2.05) is 17.8 Å². The van der Waals surface area contributed by atoms with Crippen LogP contribution in [-0.4, -0.2) is 36.2 Å². The Morgan fingerprint density at radius 3 is 3.07 bits per heavy atom. The maximum atomic E-state index is 10.5. The summed E-state index contributed by atoms with van der Waals surface area (Å²) in [7, 11) is 0. The number of carbonyl (C=O) groups is 1. The second-order valence-electron chi connectivity index (χ2n) is 3.37. The van der Waals surface area contributed by atoms with Gasteiger partial charge in [0.15, 0.2) is 0 Å². The van der Waals surface area contributed by atoms with Crippen LogP contribution in [0.3, 0.4) is 0 Å². The van der Waals surface area contributed by atoms with Crippen molar-refractivity contribution in [1.82, 2.24) is 5.32 Å². The summed E-state index contributed by atoms with van der Waals surface area (Å²) in [4.78, 5) is 10.5. The SMILES string of the molecule is CC(=O)OC/C=C/C1CNCC(C)S1. The number of hydrogen-bond donors (Lipinski definition) is 1. The van der Waals surface area contributed by atoms with Crippen LogP contribution in [0.1, 0.15) is 13.8 Å². The van der Waals surface area contributed by atoms with Crippen LogP contribution in [-0.2, 0) is 9.53 Å². The van der Waals surface area contributed by atoms with Crippen LogP contribution in [0.25, 0.3) is 0 Å². The molecule has 0 amide bonds. The molecule has 1 fully saturated rings. The zero-order chi connectivity index (χ0) is 10.4. The van der Waals surface area contributed by atoms with E-state index in [0.29, 0.717) is 17.1 Å². The fourth-order valence-electron chi connectivity index (χ4n) is 1.31. The second-order valence-corrected chi connectivity index (χ2v) is 5.06. The average molecular weight is 215 g/mol. The van der Waals surface area contributed by atoms with Crippen molar-refractivity contribution >= 4 is 17.7 Å². The molecule has 1 aliphatic heterocycles. The predicted molar refractivity (Wildman–Crippen MR) is 59.5 cm³/mol. The quantitative estimate of drug-likeness (QED) is 0.567. The average Bonchev–Trinajstić information content (AvgIpc) is 2.12. The van der Waals surface area contributed by atoms with Gasteiger partial charge in [-0.15, -0.1) is 11.8 Å². The molecule has 0 aromatic rings. The van der Waals surface area contributed by atoms with Crippen LogP contribution < -0.4 is 5.32 Å². The van der Waals surface area contributed by atoms with E-state index in [2.05, 4.69) is 18.3 Å². The van der Waals surface area contributed by atoms with Crippen LogP contribution in [0.2, 0.25) is 0 Å². The summed E-state index contributed by atoms with van der Waals surface area (Å²) in [6, 6.07) is 0. The monoisotopic (exact) mass is 215 g/mol. The molecule has 0 aromatic carbocycles. The molecule has 1 aliphatic rings. The number of thioether (sulfide) groups is 1. The number of nitrogens with one attached hydrogen (secondary N) is 1. The Bertz CT molecular complexity index is 218. The lowest BCUT2D eigenvalue weighted by atomic mass is 10.3. The molecule has 14 heavy (non-hydrogen) atoms. The highest BCUT2D eigenvalue weighted by Gasteiger charge is 2.15. The van der Waals surface area contributed by atoms with E-state index in [-0.39, 0.29) is 5.97 Å². The zero-order valence-electron chi connectivity index (χ0n) is 8.66. The summed E-state index contributed by atoms with van der Waals surface area (Å²) in [5.41, 5.74) is 0. The number of rotatable bonds is 3. The third-order valence-corrected chi connectivity index (χ3v) is 3.22. The second kappa shape index (κ2) is 6.09. The van der Waals surface area contributed by atoms with Gasteiger partial charge in [-0.25, -0.2) is 0 Å². The van der Waals surface area contributed by atoms with E-state index < -0.39 is 0 Å². The highest BCUT2D eigenvalue weighted by molar-refractivity contribution is 8.00. The lowest BCUT2D eigenvalue weighted by Gasteiger charge is -2.25. The Kier molecular flexibility index (Phi) is 5.04. The van der Waals surface area contributed by atoms with Gasteiger partial charge in [0.1, 0.15) is 6.61 Å². The largest absolute Gasteiger partial charge is 0.462 e. The summed E-state index contributed by atoms with van der Waals surface area (Å²) in [5.74, 6) is -0.225. The Morgan fingerprint density at radius 1 is 1.64 bits per heavy atom. The molecule has 0 bridgehead atoms. The first kappa shape index (κ1) is 11.6. The molecule has 0 aromatic heterocycles. The molecule has 1 rings (SSSR count). The van der Waals surface area contributed by atoms with Crippen molar-refractivity contribution in [2.24, 2.45) is 0 Å². The van der Waals surface area contributed by atoms with Gasteiger partial charge in [-0.1, -0.05) is 19.1 Å². The molecule has 2 unspecified atom stereocenters. The molecule has 1 saturated heterocycles. The first-order valence-electron chi connectivity index (χ1n) is 4.84. The van der Waals surface area contributed by atoms with E-state index >= 15 is 0 Å². The number of hydrogen-bond acceptors (Lipinski definition) is 4. The molecular weight excluding hydrogens is 198 g/mol. The van der Waals surface area contributed by atoms with E-state index in [4.69, 9.17) is 4.74 Å². The fourth-order valence-corrected chi connectivity index (χ4v) is 2.54. The molecule has 2 atom stereocenters. The van der Waals surface area contributed by atoms with Crippen LogP contribution in [0, 0.1) is 0 Å². The van der Waals surface area contributed by atoms with E-state index in [9.17, 15) is 4.79 Å². The topological polar surface area (TPSA) is 38.3 Å². The molecule has 1 N–H and O–H groups in total. The van der Waals surface area contributed by atoms with Crippen molar-refractivity contribution < 1.29 is 9.53 Å². The first-order valence-corrected chi connectivity index (χ1v) is 5.79. The number of ether oxygens (including phenoxy) is 1. The van der Waals surface area contributed by atoms with E-state index in [0.717, 1.165) is 13.1 Å². The van der Waals surface area contributed by atoms with Crippen LogP contribution in [0.5, 0.6) is 0 Å². The molecular formula is C10H17NO2S. The minimum atomic E-state index is -0.225. The summed E-state index contributed by atoms with van der Waals surface area (Å²) in [6.07, 6.45) is 4.02. The van der Waals surface area contributed by atoms with Crippen molar-refractivity contribution in [3.05, 3.63) is 12.2 Å². The Morgan fingerprint density at radius 2 is 2.43 bits per heavy atom. The molecule has 80 valence electrons. The summed E-state index contributed by atoms with van der Waals surface area (Å²) in [5, 5.41) is 4.52. The Balaban J connectivity index is 2.18. The van der Waals surface area contributed by atoms with Crippen molar-refractivity contribution in [3.8, 4) is 0 Å². The Labute approximate surface area is 89.3 Å². The van der Waals surface area contributed by atoms with E-state index in [1.54, 1.807) is 0 Å². The van der Waals surface area contributed by atoms with Gasteiger partial charge in [-0.05, 0) is 0 Å². The third-order valence-electron chi connectivity index (χ3n) is 1.92. The van der Waals surface area contributed by atoms with Crippen molar-refractivity contribution in [1.29, 1.82) is 0 Å². The number of carbonyl (C=O) groups excluding carboxylic acids is 1. The van der Waals surface area contributed by atoms with Crippen LogP contribution in [0.15, 0.2) is 12.2 Å². The van der Waals surface area contributed by atoms with Crippen LogP contribution >= 0.6 is 11.8 Å². The summed E-state index contributed by atoms with van der Waals surface area (Å²) >= 11 is 1.96. The fraction of sp³-hybridized carbons (Fsp3) is 0.700. The minimum absolute atomic E-state index is 0.225. The van der Waals surface area contributed by atoms with Crippen LogP contribution in [0.4, 0.5) is 0 Å². The maximum Gasteiger partial charge on any atom is 0.302 e. The molecule has 4 heteroatoms. The van der Waals surface area contributed by atoms with Gasteiger partial charge in [0.25, 0.3) is 0 Å². The van der Waals surface area contributed by atoms with Gasteiger partial charge in [0.2, 0.25) is 0 Å². The lowest BCUT2D eigenvalue weighted by Crippen LogP contribution is -2.36. The van der Waals surface area contributed by atoms with Gasteiger partial charge in [-0.3, -0.25) is 4.79 Å². The number of esters is 1. The smallest absolute Gasteiger partial charge is 0.302 e. The van der Waals surface area contributed by atoms with Gasteiger partial charge in [0.05, 0.1) is 0 Å². The molecule has 0 radical (unpaired) electrons. The molecule has 3 nitrogen and oxygen atoms in total. The third kappa shape index (κ3) is 4.67. The zero-order valence-corrected chi connectivity index (χ0v) is 9.47. The Hall–Kier alpha value is -0.480. The first-order chi connectivity index (χ1) is 6.68. The normalized spacial score (nSPS) is 27.9. The summed E-state index contributed by atoms with van der Waals surface area (Å²) in [6.45, 7) is 6.11. The van der Waals surface area contributed by atoms with Crippen molar-refractivity contribution in [2.45, 2.75) is 24.3 Å². The lowest BCUT2D eigenvalue weighted by molar-refractivity contribution is -0.139. The van der Waals surface area contributed by atoms with Gasteiger partial charge >= 0.3 is 5.97 Å². The highest BCUT2D eigenvalue weighted by atomic mass is 32.2. The maximum absolute atomic E-state index is 10.5. The molecule has 0 saturated carbocycles. The molecule has 0 spiro atoms. The standard InChI is InChI=1S/C10H17NO2S/c1-8-6-11-7-10(14-8)4-3-5-13-9(2)12/h3-4,8,10-11H,5-7H2,1-2H3/b4-3+. The highest BCUT2D eigenvalue weighted by Crippen LogP contribution is 2.21. The van der Waals surface area contributed by atoms with Gasteiger partial charge < -0.3 is 10.1 Å². The summed E-state index contributed by atoms with van der Waals surface area (Å²) < 4.78 is 4.80. The van der Waals surface area contributed by atoms with E-state index in [1.165, 1.54) is 6.92 Å². The molecule has 1 heterocycles. The van der Waals surface area contributed by atoms with Gasteiger partial charge in [-0.2, -0.15) is 0 Å². The predicted octanol–water partition coefficient (Wildman–Crippen LogP) is 1.20.